The van der Waals surface area contributed by atoms with E-state index in [0.29, 0.717) is 10.6 Å². The fourth-order valence-corrected chi connectivity index (χ4v) is 3.20. The van der Waals surface area contributed by atoms with Crippen LogP contribution in [-0.4, -0.2) is 61.4 Å². The van der Waals surface area contributed by atoms with Gasteiger partial charge in [-0.3, -0.25) is 0 Å². The maximum Gasteiger partial charge on any atom is 0.147 e. The molecule has 26 heavy (non-hydrogen) atoms. The number of benzene rings is 1. The Hall–Kier alpha value is -2.10. The Morgan fingerprint density at radius 1 is 1.23 bits per heavy atom. The van der Waals surface area contributed by atoms with Crippen molar-refractivity contribution in [2.45, 2.75) is 13.3 Å². The Bertz CT molecular complexity index is 733. The summed E-state index contributed by atoms with van der Waals surface area (Å²) >= 11 is 11.3. The highest BCUT2D eigenvalue weighted by Crippen LogP contribution is 2.21. The van der Waals surface area contributed by atoms with E-state index in [0.717, 1.165) is 43.3 Å². The summed E-state index contributed by atoms with van der Waals surface area (Å²) < 4.78 is 0. The second-order valence-corrected chi connectivity index (χ2v) is 7.21. The first-order valence-corrected chi connectivity index (χ1v) is 9.32. The van der Waals surface area contributed by atoms with Crippen LogP contribution in [0.25, 0.3) is 0 Å². The third-order valence-corrected chi connectivity index (χ3v) is 4.82. The molecule has 1 heterocycles. The fourth-order valence-electron chi connectivity index (χ4n) is 2.84. The van der Waals surface area contributed by atoms with Gasteiger partial charge in [0.15, 0.2) is 0 Å². The number of hydrogen-bond donors (Lipinski definition) is 0. The first-order chi connectivity index (χ1) is 12.4. The Morgan fingerprint density at radius 3 is 2.54 bits per heavy atom. The van der Waals surface area contributed by atoms with Crippen molar-refractivity contribution in [3.8, 4) is 6.07 Å². The molecule has 1 saturated heterocycles. The highest BCUT2D eigenvalue weighted by molar-refractivity contribution is 7.80. The molecule has 1 aliphatic heterocycles. The van der Waals surface area contributed by atoms with E-state index in [4.69, 9.17) is 23.8 Å². The van der Waals surface area contributed by atoms with Crippen LogP contribution in [0.5, 0.6) is 0 Å². The summed E-state index contributed by atoms with van der Waals surface area (Å²) in [4.78, 5) is 10.9. The van der Waals surface area contributed by atoms with Gasteiger partial charge in [-0.1, -0.05) is 23.8 Å². The third kappa shape index (κ3) is 5.45. The van der Waals surface area contributed by atoms with Gasteiger partial charge in [0.2, 0.25) is 0 Å². The SMILES string of the molecule is CC(=C(C#N)C(=S)N=CN(C)C)N1CCCN(c2ccc(Cl)cc2)CC1. The number of nitrogens with zero attached hydrogens (tertiary/aromatic N) is 5. The number of anilines is 1. The predicted molar refractivity (Wildman–Crippen MR) is 113 cm³/mol. The van der Waals surface area contributed by atoms with Gasteiger partial charge in [0.25, 0.3) is 0 Å². The molecule has 1 aliphatic rings. The lowest BCUT2D eigenvalue weighted by molar-refractivity contribution is 0.369. The zero-order valence-corrected chi connectivity index (χ0v) is 17.0. The van der Waals surface area contributed by atoms with Crippen LogP contribution in [0, 0.1) is 11.3 Å². The monoisotopic (exact) mass is 389 g/mol. The lowest BCUT2D eigenvalue weighted by atomic mass is 10.2. The van der Waals surface area contributed by atoms with E-state index in [1.165, 1.54) is 5.69 Å². The van der Waals surface area contributed by atoms with Crippen LogP contribution in [0.1, 0.15) is 13.3 Å². The van der Waals surface area contributed by atoms with E-state index in [-0.39, 0.29) is 0 Å². The van der Waals surface area contributed by atoms with Gasteiger partial charge in [-0.2, -0.15) is 5.26 Å². The molecular weight excluding hydrogens is 366 g/mol. The first-order valence-electron chi connectivity index (χ1n) is 8.53. The van der Waals surface area contributed by atoms with Crippen molar-refractivity contribution in [1.29, 1.82) is 5.26 Å². The number of rotatable bonds is 4. The third-order valence-electron chi connectivity index (χ3n) is 4.26. The molecule has 0 aromatic heterocycles. The molecule has 1 aromatic rings. The number of thiocarbonyl (C=S) groups is 1. The molecule has 1 fully saturated rings. The van der Waals surface area contributed by atoms with E-state index in [2.05, 4.69) is 20.9 Å². The molecule has 0 amide bonds. The van der Waals surface area contributed by atoms with Gasteiger partial charge in [0.1, 0.15) is 16.6 Å². The molecular formula is C19H24ClN5S. The van der Waals surface area contributed by atoms with Crippen LogP contribution in [0.2, 0.25) is 5.02 Å². The molecule has 0 spiro atoms. The summed E-state index contributed by atoms with van der Waals surface area (Å²) in [6.45, 7) is 5.52. The summed E-state index contributed by atoms with van der Waals surface area (Å²) in [6, 6.07) is 10.2. The maximum atomic E-state index is 9.56. The standard InChI is InChI=1S/C19H24ClN5S/c1-15(18(13-21)19(26)22-14-23(2)3)24-9-4-10-25(12-11-24)17-7-5-16(20)6-8-17/h5-8,14H,4,9-12H2,1-3H3. The van der Waals surface area contributed by atoms with E-state index in [1.54, 1.807) is 11.2 Å². The van der Waals surface area contributed by atoms with E-state index >= 15 is 0 Å². The zero-order valence-electron chi connectivity index (χ0n) is 15.4. The highest BCUT2D eigenvalue weighted by atomic mass is 35.5. The Kier molecular flexibility index (Phi) is 7.43. The minimum absolute atomic E-state index is 0.331. The van der Waals surface area contributed by atoms with Gasteiger partial charge in [0.05, 0.1) is 6.34 Å². The van der Waals surface area contributed by atoms with E-state index in [1.807, 2.05) is 45.3 Å². The summed E-state index contributed by atoms with van der Waals surface area (Å²) in [6.07, 6.45) is 2.63. The topological polar surface area (TPSA) is 45.9 Å². The normalized spacial score (nSPS) is 16.1. The molecule has 0 radical (unpaired) electrons. The molecule has 138 valence electrons. The highest BCUT2D eigenvalue weighted by Gasteiger charge is 2.19. The molecule has 0 atom stereocenters. The molecule has 5 nitrogen and oxygen atoms in total. The number of aliphatic imine (C=N–C) groups is 1. The van der Waals surface area contributed by atoms with E-state index < -0.39 is 0 Å². The average Bonchev–Trinajstić information content (AvgIpc) is 2.87. The van der Waals surface area contributed by atoms with Gasteiger partial charge in [-0.05, 0) is 37.6 Å². The van der Waals surface area contributed by atoms with Gasteiger partial charge >= 0.3 is 0 Å². The molecule has 0 bridgehead atoms. The molecule has 0 N–H and O–H groups in total. The van der Waals surface area contributed by atoms with Crippen molar-refractivity contribution in [2.75, 3.05) is 45.2 Å². The second kappa shape index (κ2) is 9.56. The van der Waals surface area contributed by atoms with Gasteiger partial charge in [-0.15, -0.1) is 0 Å². The quantitative estimate of drug-likeness (QED) is 0.259. The smallest absolute Gasteiger partial charge is 0.147 e. The van der Waals surface area contributed by atoms with Crippen molar-refractivity contribution in [3.63, 3.8) is 0 Å². The predicted octanol–water partition coefficient (Wildman–Crippen LogP) is 3.57. The second-order valence-electron chi connectivity index (χ2n) is 6.39. The van der Waals surface area contributed by atoms with Gasteiger partial charge in [0, 0.05) is 56.7 Å². The van der Waals surface area contributed by atoms with Crippen molar-refractivity contribution in [3.05, 3.63) is 40.6 Å². The van der Waals surface area contributed by atoms with Crippen molar-refractivity contribution in [2.24, 2.45) is 4.99 Å². The average molecular weight is 390 g/mol. The summed E-state index contributed by atoms with van der Waals surface area (Å²) in [5, 5.41) is 10.3. The summed E-state index contributed by atoms with van der Waals surface area (Å²) in [7, 11) is 3.74. The molecule has 0 unspecified atom stereocenters. The van der Waals surface area contributed by atoms with Gasteiger partial charge in [-0.25, -0.2) is 4.99 Å². The molecule has 2 rings (SSSR count). The van der Waals surface area contributed by atoms with Crippen molar-refractivity contribution < 1.29 is 0 Å². The molecule has 1 aromatic carbocycles. The largest absolute Gasteiger partial charge is 0.372 e. The van der Waals surface area contributed by atoms with Crippen LogP contribution >= 0.6 is 23.8 Å². The number of hydrogen-bond acceptors (Lipinski definition) is 4. The summed E-state index contributed by atoms with van der Waals surface area (Å²) in [5.74, 6) is 0. The lowest BCUT2D eigenvalue weighted by Crippen LogP contribution is -2.30. The van der Waals surface area contributed by atoms with Crippen molar-refractivity contribution >= 4 is 40.8 Å². The van der Waals surface area contributed by atoms with Crippen LogP contribution in [-0.2, 0) is 0 Å². The number of halogens is 1. The lowest BCUT2D eigenvalue weighted by Gasteiger charge is -2.26. The Morgan fingerprint density at radius 2 is 1.92 bits per heavy atom. The minimum atomic E-state index is 0.331. The Labute approximate surface area is 166 Å². The van der Waals surface area contributed by atoms with Crippen LogP contribution in [0.3, 0.4) is 0 Å². The van der Waals surface area contributed by atoms with Crippen LogP contribution in [0.15, 0.2) is 40.5 Å². The number of nitriles is 1. The zero-order chi connectivity index (χ0) is 19.1. The molecule has 0 aliphatic carbocycles. The fraction of sp³-hybridized carbons (Fsp3) is 0.421. The minimum Gasteiger partial charge on any atom is -0.372 e. The molecule has 0 saturated carbocycles. The van der Waals surface area contributed by atoms with Crippen molar-refractivity contribution in [1.82, 2.24) is 9.80 Å². The van der Waals surface area contributed by atoms with E-state index in [9.17, 15) is 5.26 Å². The Balaban J connectivity index is 2.12. The number of allylic oxidation sites excluding steroid dienone is 1. The molecule has 7 heteroatoms. The van der Waals surface area contributed by atoms with Crippen LogP contribution in [0.4, 0.5) is 5.69 Å². The first kappa shape index (κ1) is 20.2. The summed E-state index contributed by atoms with van der Waals surface area (Å²) in [5.41, 5.74) is 2.54. The maximum absolute atomic E-state index is 9.56. The van der Waals surface area contributed by atoms with Gasteiger partial charge < -0.3 is 14.7 Å². The van der Waals surface area contributed by atoms with Crippen LogP contribution < -0.4 is 4.90 Å².